The van der Waals surface area contributed by atoms with Crippen LogP contribution in [-0.2, 0) is 16.0 Å². The lowest BCUT2D eigenvalue weighted by Crippen LogP contribution is -2.38. The average molecular weight is 502 g/mol. The first kappa shape index (κ1) is 28.3. The number of carboxylic acid groups (broad SMARTS) is 1. The molecule has 1 aliphatic rings. The molecule has 1 fully saturated rings. The number of hydrogen-bond donors (Lipinski definition) is 1. The SMILES string of the molecule is CC(CCN(C)C(=O)OC(C)(C)C)C(Cc1cccc(N2CCN(CC(F)(F)F)C2=O)c1)C(=O)O. The van der Waals surface area contributed by atoms with Crippen molar-refractivity contribution in [2.45, 2.75) is 52.3 Å². The number of benzene rings is 1. The van der Waals surface area contributed by atoms with Crippen molar-refractivity contribution in [2.24, 2.45) is 11.8 Å². The van der Waals surface area contributed by atoms with Gasteiger partial charge < -0.3 is 19.6 Å². The molecule has 0 aliphatic carbocycles. The first-order chi connectivity index (χ1) is 16.1. The van der Waals surface area contributed by atoms with Crippen molar-refractivity contribution in [3.05, 3.63) is 29.8 Å². The van der Waals surface area contributed by atoms with Gasteiger partial charge in [0.15, 0.2) is 0 Å². The number of carboxylic acids is 1. The Hall–Kier alpha value is -2.98. The second kappa shape index (κ2) is 11.2. The van der Waals surface area contributed by atoms with E-state index in [2.05, 4.69) is 0 Å². The van der Waals surface area contributed by atoms with E-state index < -0.39 is 42.3 Å². The lowest BCUT2D eigenvalue weighted by atomic mass is 9.85. The summed E-state index contributed by atoms with van der Waals surface area (Å²) in [6.45, 7) is 6.18. The minimum Gasteiger partial charge on any atom is -0.481 e. The lowest BCUT2D eigenvalue weighted by Gasteiger charge is -2.27. The summed E-state index contributed by atoms with van der Waals surface area (Å²) in [6.07, 6.45) is -4.35. The third kappa shape index (κ3) is 8.63. The number of aliphatic carboxylic acids is 1. The number of alkyl halides is 3. The van der Waals surface area contributed by atoms with Crippen LogP contribution in [-0.4, -0.2) is 78.0 Å². The van der Waals surface area contributed by atoms with Gasteiger partial charge >= 0.3 is 24.3 Å². The van der Waals surface area contributed by atoms with Gasteiger partial charge in [-0.15, -0.1) is 0 Å². The predicted molar refractivity (Wildman–Crippen MR) is 124 cm³/mol. The van der Waals surface area contributed by atoms with Crippen molar-refractivity contribution in [1.29, 1.82) is 0 Å². The normalized spacial score (nSPS) is 16.3. The Labute approximate surface area is 203 Å². The molecule has 11 heteroatoms. The van der Waals surface area contributed by atoms with E-state index in [1.165, 1.54) is 9.80 Å². The van der Waals surface area contributed by atoms with Gasteiger partial charge in [0.1, 0.15) is 12.1 Å². The molecule has 2 rings (SSSR count). The van der Waals surface area contributed by atoms with Crippen molar-refractivity contribution < 1.29 is 37.4 Å². The maximum atomic E-state index is 12.7. The summed E-state index contributed by atoms with van der Waals surface area (Å²) in [6, 6.07) is 5.92. The van der Waals surface area contributed by atoms with Crippen molar-refractivity contribution in [3.8, 4) is 0 Å². The Morgan fingerprint density at radius 2 is 1.86 bits per heavy atom. The van der Waals surface area contributed by atoms with E-state index in [1.807, 2.05) is 0 Å². The van der Waals surface area contributed by atoms with Gasteiger partial charge in [-0.1, -0.05) is 19.1 Å². The van der Waals surface area contributed by atoms with E-state index in [0.717, 1.165) is 4.90 Å². The highest BCUT2D eigenvalue weighted by atomic mass is 19.4. The van der Waals surface area contributed by atoms with Crippen LogP contribution in [0, 0.1) is 11.8 Å². The zero-order chi connectivity index (χ0) is 26.6. The molecule has 0 saturated carbocycles. The van der Waals surface area contributed by atoms with Gasteiger partial charge in [-0.2, -0.15) is 13.2 Å². The van der Waals surface area contributed by atoms with E-state index in [4.69, 9.17) is 4.74 Å². The fourth-order valence-corrected chi connectivity index (χ4v) is 3.85. The predicted octanol–water partition coefficient (Wildman–Crippen LogP) is 4.63. The number of anilines is 1. The number of carbonyl (C=O) groups is 3. The highest BCUT2D eigenvalue weighted by molar-refractivity contribution is 5.94. The highest BCUT2D eigenvalue weighted by Crippen LogP contribution is 2.27. The van der Waals surface area contributed by atoms with Crippen molar-refractivity contribution in [3.63, 3.8) is 0 Å². The molecular weight excluding hydrogens is 467 g/mol. The van der Waals surface area contributed by atoms with Gasteiger partial charge in [-0.05, 0) is 57.2 Å². The standard InChI is InChI=1S/C24H34F3N3O5/c1-16(9-10-28(5)22(34)35-23(2,3)4)19(20(31)32)14-17-7-6-8-18(13-17)30-12-11-29(21(30)33)15-24(25,26)27/h6-8,13,16,19H,9-12,14-15H2,1-5H3,(H,31,32). The Morgan fingerprint density at radius 3 is 2.43 bits per heavy atom. The van der Waals surface area contributed by atoms with Gasteiger partial charge in [-0.3, -0.25) is 9.69 Å². The van der Waals surface area contributed by atoms with Gasteiger partial charge in [0.05, 0.1) is 5.92 Å². The average Bonchev–Trinajstić information content (AvgIpc) is 3.07. The van der Waals surface area contributed by atoms with Gasteiger partial charge in [0.25, 0.3) is 0 Å². The number of halogens is 3. The molecule has 1 N–H and O–H groups in total. The van der Waals surface area contributed by atoms with Crippen LogP contribution in [0.15, 0.2) is 24.3 Å². The Bertz CT molecular complexity index is 916. The minimum atomic E-state index is -4.48. The molecule has 1 aliphatic heterocycles. The smallest absolute Gasteiger partial charge is 0.410 e. The van der Waals surface area contributed by atoms with Crippen LogP contribution in [0.25, 0.3) is 0 Å². The highest BCUT2D eigenvalue weighted by Gasteiger charge is 2.38. The molecule has 2 atom stereocenters. The molecule has 0 bridgehead atoms. The van der Waals surface area contributed by atoms with Crippen LogP contribution >= 0.6 is 0 Å². The van der Waals surface area contributed by atoms with Crippen LogP contribution in [0.5, 0.6) is 0 Å². The maximum absolute atomic E-state index is 12.7. The van der Waals surface area contributed by atoms with E-state index in [9.17, 15) is 32.7 Å². The Balaban J connectivity index is 2.03. The maximum Gasteiger partial charge on any atom is 0.410 e. The molecule has 0 aromatic heterocycles. The first-order valence-corrected chi connectivity index (χ1v) is 11.5. The number of carbonyl (C=O) groups excluding carboxylic acids is 2. The topological polar surface area (TPSA) is 90.4 Å². The van der Waals surface area contributed by atoms with Crippen LogP contribution in [0.3, 0.4) is 0 Å². The summed E-state index contributed by atoms with van der Waals surface area (Å²) in [7, 11) is 1.59. The summed E-state index contributed by atoms with van der Waals surface area (Å²) in [5, 5.41) is 9.82. The van der Waals surface area contributed by atoms with Crippen LogP contribution < -0.4 is 4.90 Å². The quantitative estimate of drug-likeness (QED) is 0.533. The van der Waals surface area contributed by atoms with Crippen molar-refractivity contribution >= 4 is 23.8 Å². The van der Waals surface area contributed by atoms with Gasteiger partial charge in [-0.25, -0.2) is 9.59 Å². The molecule has 8 nitrogen and oxygen atoms in total. The Kier molecular flexibility index (Phi) is 9.02. The zero-order valence-electron chi connectivity index (χ0n) is 20.8. The summed E-state index contributed by atoms with van der Waals surface area (Å²) >= 11 is 0. The molecule has 3 amide bonds. The summed E-state index contributed by atoms with van der Waals surface area (Å²) in [4.78, 5) is 40.0. The number of hydrogen-bond acceptors (Lipinski definition) is 4. The van der Waals surface area contributed by atoms with Crippen molar-refractivity contribution in [1.82, 2.24) is 9.80 Å². The van der Waals surface area contributed by atoms with Crippen molar-refractivity contribution in [2.75, 3.05) is 38.1 Å². The van der Waals surface area contributed by atoms with E-state index in [-0.39, 0.29) is 25.4 Å². The second-order valence-corrected chi connectivity index (χ2v) is 9.96. The van der Waals surface area contributed by atoms with E-state index in [0.29, 0.717) is 24.2 Å². The summed E-state index contributed by atoms with van der Waals surface area (Å²) in [5.41, 5.74) is 0.453. The number of rotatable bonds is 9. The molecule has 0 spiro atoms. The third-order valence-electron chi connectivity index (χ3n) is 5.77. The molecule has 1 saturated heterocycles. The molecular formula is C24H34F3N3O5. The van der Waals surface area contributed by atoms with Gasteiger partial charge in [0, 0.05) is 32.4 Å². The number of ether oxygens (including phenoxy) is 1. The largest absolute Gasteiger partial charge is 0.481 e. The first-order valence-electron chi connectivity index (χ1n) is 11.5. The molecule has 0 radical (unpaired) electrons. The fourth-order valence-electron chi connectivity index (χ4n) is 3.85. The molecule has 1 aromatic carbocycles. The minimum absolute atomic E-state index is 0.0392. The number of amides is 3. The van der Waals surface area contributed by atoms with Gasteiger partial charge in [0.2, 0.25) is 0 Å². The molecule has 1 aromatic rings. The van der Waals surface area contributed by atoms with Crippen LogP contribution in [0.1, 0.15) is 39.7 Å². The zero-order valence-corrected chi connectivity index (χ0v) is 20.8. The fraction of sp³-hybridized carbons (Fsp3) is 0.625. The molecule has 2 unspecified atom stereocenters. The van der Waals surface area contributed by atoms with Crippen LogP contribution in [0.2, 0.25) is 0 Å². The molecule has 1 heterocycles. The third-order valence-corrected chi connectivity index (χ3v) is 5.77. The number of nitrogens with zero attached hydrogens (tertiary/aromatic N) is 3. The van der Waals surface area contributed by atoms with E-state index in [1.54, 1.807) is 59.0 Å². The summed E-state index contributed by atoms with van der Waals surface area (Å²) < 4.78 is 43.4. The molecule has 35 heavy (non-hydrogen) atoms. The number of urea groups is 1. The Morgan fingerprint density at radius 1 is 1.20 bits per heavy atom. The van der Waals surface area contributed by atoms with E-state index >= 15 is 0 Å². The summed E-state index contributed by atoms with van der Waals surface area (Å²) in [5.74, 6) is -2.03. The van der Waals surface area contributed by atoms with Crippen LogP contribution in [0.4, 0.5) is 28.4 Å². The lowest BCUT2D eigenvalue weighted by molar-refractivity contribution is -0.143. The molecule has 196 valence electrons. The second-order valence-electron chi connectivity index (χ2n) is 9.96. The monoisotopic (exact) mass is 501 g/mol.